The minimum absolute atomic E-state index is 0. The first-order valence-electron chi connectivity index (χ1n) is 8.62. The second-order valence-corrected chi connectivity index (χ2v) is 6.74. The van der Waals surface area contributed by atoms with E-state index in [1.54, 1.807) is 0 Å². The van der Waals surface area contributed by atoms with Crippen molar-refractivity contribution in [3.8, 4) is 0 Å². The van der Waals surface area contributed by atoms with Gasteiger partial charge in [-0.25, -0.2) is 0 Å². The summed E-state index contributed by atoms with van der Waals surface area (Å²) in [5.74, 6) is 0.0651. The van der Waals surface area contributed by atoms with Crippen LogP contribution in [0, 0.1) is 11.8 Å². The maximum atomic E-state index is 11.5. The number of likely N-dealkylation sites (tertiary alicyclic amines) is 1. The molecule has 0 aromatic rings. The normalized spacial score (nSPS) is 23.8. The minimum atomic E-state index is -0.707. The predicted molar refractivity (Wildman–Crippen MR) is 94.9 cm³/mol. The third-order valence-electron chi connectivity index (χ3n) is 4.74. The van der Waals surface area contributed by atoms with Gasteiger partial charge < -0.3 is 10.4 Å². The summed E-state index contributed by atoms with van der Waals surface area (Å²) >= 11 is 0. The van der Waals surface area contributed by atoms with Crippen molar-refractivity contribution in [2.75, 3.05) is 13.1 Å². The lowest BCUT2D eigenvalue weighted by Gasteiger charge is -2.31. The average Bonchev–Trinajstić information content (AvgIpc) is 2.81. The maximum Gasteiger partial charge on any atom is 0.320 e. The van der Waals surface area contributed by atoms with Gasteiger partial charge in [0.15, 0.2) is 0 Å². The zero-order valence-electron chi connectivity index (χ0n) is 14.9. The van der Waals surface area contributed by atoms with Crippen molar-refractivity contribution in [3.05, 3.63) is 0 Å². The lowest BCUT2D eigenvalue weighted by Crippen LogP contribution is -2.45. The van der Waals surface area contributed by atoms with E-state index in [1.807, 2.05) is 6.92 Å². The summed E-state index contributed by atoms with van der Waals surface area (Å²) < 4.78 is 0. The fourth-order valence-corrected chi connectivity index (χ4v) is 3.68. The molecule has 0 radical (unpaired) electrons. The SMILES string of the molecule is CCCC(CN1C[C@@H](CCC)C[C@@H]1C(=O)O)C(C)NC(C)=O.Cl. The number of nitrogens with zero attached hydrogens (tertiary/aromatic N) is 1. The number of amides is 1. The Bertz CT molecular complexity index is 379. The molecular weight excluding hydrogens is 316 g/mol. The molecule has 2 unspecified atom stereocenters. The van der Waals surface area contributed by atoms with Crippen molar-refractivity contribution in [2.24, 2.45) is 11.8 Å². The second-order valence-electron chi connectivity index (χ2n) is 6.74. The van der Waals surface area contributed by atoms with Crippen LogP contribution in [0.3, 0.4) is 0 Å². The topological polar surface area (TPSA) is 69.6 Å². The highest BCUT2D eigenvalue weighted by molar-refractivity contribution is 5.85. The highest BCUT2D eigenvalue weighted by Gasteiger charge is 2.37. The molecule has 1 fully saturated rings. The Kier molecular flexibility index (Phi) is 10.5. The van der Waals surface area contributed by atoms with E-state index < -0.39 is 5.97 Å². The number of hydrogen-bond acceptors (Lipinski definition) is 3. The van der Waals surface area contributed by atoms with Crippen LogP contribution in [0.25, 0.3) is 0 Å². The number of carbonyl (C=O) groups is 2. The molecule has 1 rings (SSSR count). The summed E-state index contributed by atoms with van der Waals surface area (Å²) in [5, 5.41) is 12.5. The van der Waals surface area contributed by atoms with Gasteiger partial charge >= 0.3 is 5.97 Å². The molecule has 1 heterocycles. The summed E-state index contributed by atoms with van der Waals surface area (Å²) in [6.45, 7) is 9.47. The van der Waals surface area contributed by atoms with E-state index in [-0.39, 0.29) is 30.4 Å². The van der Waals surface area contributed by atoms with Gasteiger partial charge in [-0.3, -0.25) is 14.5 Å². The number of halogens is 1. The van der Waals surface area contributed by atoms with Gasteiger partial charge in [0.25, 0.3) is 0 Å². The van der Waals surface area contributed by atoms with E-state index in [2.05, 4.69) is 24.1 Å². The summed E-state index contributed by atoms with van der Waals surface area (Å²) in [7, 11) is 0. The Hall–Kier alpha value is -0.810. The predicted octanol–water partition coefficient (Wildman–Crippen LogP) is 2.92. The molecule has 2 N–H and O–H groups in total. The molecule has 0 spiro atoms. The number of nitrogens with one attached hydrogen (secondary N) is 1. The Morgan fingerprint density at radius 1 is 1.30 bits per heavy atom. The van der Waals surface area contributed by atoms with Gasteiger partial charge in [0.05, 0.1) is 0 Å². The molecule has 0 saturated carbocycles. The molecule has 0 aromatic carbocycles. The number of hydrogen-bond donors (Lipinski definition) is 2. The van der Waals surface area contributed by atoms with Crippen molar-refractivity contribution in [1.29, 1.82) is 0 Å². The van der Waals surface area contributed by atoms with Gasteiger partial charge in [-0.1, -0.05) is 26.7 Å². The van der Waals surface area contributed by atoms with Crippen molar-refractivity contribution >= 4 is 24.3 Å². The van der Waals surface area contributed by atoms with Gasteiger partial charge in [-0.15, -0.1) is 12.4 Å². The van der Waals surface area contributed by atoms with Crippen LogP contribution in [0.15, 0.2) is 0 Å². The molecule has 136 valence electrons. The number of aliphatic carboxylic acids is 1. The van der Waals surface area contributed by atoms with E-state index >= 15 is 0 Å². The van der Waals surface area contributed by atoms with Crippen LogP contribution in [-0.2, 0) is 9.59 Å². The van der Waals surface area contributed by atoms with Crippen LogP contribution in [-0.4, -0.2) is 47.1 Å². The number of carboxylic acids is 1. The molecule has 1 aliphatic heterocycles. The fourth-order valence-electron chi connectivity index (χ4n) is 3.68. The van der Waals surface area contributed by atoms with E-state index in [4.69, 9.17) is 0 Å². The lowest BCUT2D eigenvalue weighted by molar-refractivity contribution is -0.142. The first kappa shape index (κ1) is 22.2. The lowest BCUT2D eigenvalue weighted by atomic mass is 9.95. The van der Waals surface area contributed by atoms with Crippen LogP contribution in [0.4, 0.5) is 0 Å². The summed E-state index contributed by atoms with van der Waals surface area (Å²) in [6, 6.07) is -0.280. The number of carboxylic acid groups (broad SMARTS) is 1. The van der Waals surface area contributed by atoms with Crippen molar-refractivity contribution in [2.45, 2.75) is 71.9 Å². The third-order valence-corrected chi connectivity index (χ3v) is 4.74. The van der Waals surface area contributed by atoms with E-state index in [0.29, 0.717) is 11.8 Å². The molecule has 0 aromatic heterocycles. The molecule has 1 amide bonds. The van der Waals surface area contributed by atoms with Crippen molar-refractivity contribution in [3.63, 3.8) is 0 Å². The number of rotatable bonds is 9. The Morgan fingerprint density at radius 3 is 2.43 bits per heavy atom. The third kappa shape index (κ3) is 7.08. The zero-order chi connectivity index (χ0) is 16.7. The molecule has 1 saturated heterocycles. The maximum absolute atomic E-state index is 11.5. The smallest absolute Gasteiger partial charge is 0.320 e. The highest BCUT2D eigenvalue weighted by atomic mass is 35.5. The standard InChI is InChI=1S/C17H32N2O3.ClH/c1-5-7-14-9-16(17(21)22)19(10-14)11-15(8-6-2)12(3)18-13(4)20;/h12,14-16H,5-11H2,1-4H3,(H,18,20)(H,21,22);1H/t12?,14-,15?,16+;/m0./s1. The highest BCUT2D eigenvalue weighted by Crippen LogP contribution is 2.29. The Labute approximate surface area is 146 Å². The van der Waals surface area contributed by atoms with Gasteiger partial charge in [0.2, 0.25) is 5.91 Å². The van der Waals surface area contributed by atoms with Crippen LogP contribution in [0.5, 0.6) is 0 Å². The molecule has 6 heteroatoms. The van der Waals surface area contributed by atoms with E-state index in [1.165, 1.54) is 6.92 Å². The fraction of sp³-hybridized carbons (Fsp3) is 0.882. The van der Waals surface area contributed by atoms with Gasteiger partial charge in [0.1, 0.15) is 6.04 Å². The molecular formula is C17H33ClN2O3. The van der Waals surface area contributed by atoms with E-state index in [9.17, 15) is 14.7 Å². The molecule has 5 nitrogen and oxygen atoms in total. The van der Waals surface area contributed by atoms with Gasteiger partial charge in [-0.05, 0) is 38.0 Å². The molecule has 4 atom stereocenters. The second kappa shape index (κ2) is 10.9. The quantitative estimate of drug-likeness (QED) is 0.672. The first-order chi connectivity index (χ1) is 10.4. The molecule has 0 bridgehead atoms. The van der Waals surface area contributed by atoms with Gasteiger partial charge in [0, 0.05) is 26.1 Å². The van der Waals surface area contributed by atoms with Crippen molar-refractivity contribution in [1.82, 2.24) is 10.2 Å². The minimum Gasteiger partial charge on any atom is -0.480 e. The molecule has 1 aliphatic rings. The summed E-state index contributed by atoms with van der Waals surface area (Å²) in [6.07, 6.45) is 5.00. The van der Waals surface area contributed by atoms with E-state index in [0.717, 1.165) is 45.2 Å². The van der Waals surface area contributed by atoms with Crippen molar-refractivity contribution < 1.29 is 14.7 Å². The Morgan fingerprint density at radius 2 is 1.96 bits per heavy atom. The molecule has 0 aliphatic carbocycles. The number of carbonyl (C=O) groups excluding carboxylic acids is 1. The summed E-state index contributed by atoms with van der Waals surface area (Å²) in [4.78, 5) is 25.0. The van der Waals surface area contributed by atoms with Crippen LogP contribution in [0.1, 0.15) is 59.8 Å². The molecule has 23 heavy (non-hydrogen) atoms. The van der Waals surface area contributed by atoms with Crippen LogP contribution in [0.2, 0.25) is 0 Å². The summed E-state index contributed by atoms with van der Waals surface area (Å²) in [5.41, 5.74) is 0. The Balaban J connectivity index is 0.00000484. The largest absolute Gasteiger partial charge is 0.480 e. The zero-order valence-corrected chi connectivity index (χ0v) is 15.7. The van der Waals surface area contributed by atoms with Crippen LogP contribution < -0.4 is 5.32 Å². The van der Waals surface area contributed by atoms with Gasteiger partial charge in [-0.2, -0.15) is 0 Å². The monoisotopic (exact) mass is 348 g/mol. The first-order valence-corrected chi connectivity index (χ1v) is 8.62. The average molecular weight is 349 g/mol. The van der Waals surface area contributed by atoms with Crippen LogP contribution >= 0.6 is 12.4 Å².